The van der Waals surface area contributed by atoms with Crippen molar-refractivity contribution in [3.63, 3.8) is 0 Å². The van der Waals surface area contributed by atoms with E-state index in [1.54, 1.807) is 6.92 Å². The van der Waals surface area contributed by atoms with Crippen molar-refractivity contribution in [2.75, 3.05) is 13.2 Å². The van der Waals surface area contributed by atoms with E-state index in [4.69, 9.17) is 14.2 Å². The summed E-state index contributed by atoms with van der Waals surface area (Å²) in [5, 5.41) is 0. The van der Waals surface area contributed by atoms with E-state index in [0.29, 0.717) is 18.8 Å². The minimum atomic E-state index is -0.650. The van der Waals surface area contributed by atoms with Gasteiger partial charge < -0.3 is 14.2 Å². The minimum absolute atomic E-state index is 0.343. The molecule has 17 heavy (non-hydrogen) atoms. The number of ether oxygens (including phenoxy) is 3. The van der Waals surface area contributed by atoms with Gasteiger partial charge in [0.1, 0.15) is 11.3 Å². The lowest BCUT2D eigenvalue weighted by molar-refractivity contribution is -0.147. The number of allylic oxidation sites excluding steroid dienone is 3. The number of carbonyl (C=O) groups excluding carboxylic acids is 1. The molecule has 0 amide bonds. The van der Waals surface area contributed by atoms with Crippen LogP contribution in [0.15, 0.2) is 22.5 Å². The lowest BCUT2D eigenvalue weighted by Crippen LogP contribution is -2.30. The first-order chi connectivity index (χ1) is 8.02. The van der Waals surface area contributed by atoms with Crippen molar-refractivity contribution in [3.05, 3.63) is 22.5 Å². The van der Waals surface area contributed by atoms with Crippen molar-refractivity contribution in [3.8, 4) is 0 Å². The lowest BCUT2D eigenvalue weighted by Gasteiger charge is -2.28. The summed E-state index contributed by atoms with van der Waals surface area (Å²) in [5.74, 6) is 0.421. The van der Waals surface area contributed by atoms with Crippen molar-refractivity contribution in [1.82, 2.24) is 0 Å². The van der Waals surface area contributed by atoms with E-state index in [1.807, 2.05) is 27.7 Å². The van der Waals surface area contributed by atoms with Crippen molar-refractivity contribution in [2.24, 2.45) is 0 Å². The lowest BCUT2D eigenvalue weighted by atomic mass is 9.99. The highest BCUT2D eigenvalue weighted by molar-refractivity contribution is 5.91. The Morgan fingerprint density at radius 3 is 2.35 bits per heavy atom. The molecule has 4 heteroatoms. The third-order valence-corrected chi connectivity index (χ3v) is 2.83. The summed E-state index contributed by atoms with van der Waals surface area (Å²) in [5.41, 5.74) is 2.31. The number of hydrogen-bond donors (Lipinski definition) is 0. The summed E-state index contributed by atoms with van der Waals surface area (Å²) in [4.78, 5) is 11.9. The molecule has 96 valence electrons. The Balaban J connectivity index is 3.09. The maximum Gasteiger partial charge on any atom is 0.340 e. The monoisotopic (exact) mass is 240 g/mol. The zero-order valence-electron chi connectivity index (χ0n) is 11.1. The largest absolute Gasteiger partial charge is 0.465 e. The van der Waals surface area contributed by atoms with Gasteiger partial charge in [0.05, 0.1) is 6.61 Å². The third-order valence-electron chi connectivity index (χ3n) is 2.83. The van der Waals surface area contributed by atoms with Crippen LogP contribution in [0.3, 0.4) is 0 Å². The molecule has 0 aromatic rings. The molecule has 0 spiro atoms. The van der Waals surface area contributed by atoms with Gasteiger partial charge >= 0.3 is 5.97 Å². The highest BCUT2D eigenvalue weighted by Crippen LogP contribution is 2.30. The van der Waals surface area contributed by atoms with Crippen LogP contribution in [0, 0.1) is 0 Å². The smallest absolute Gasteiger partial charge is 0.340 e. The normalized spacial score (nSPS) is 20.4. The van der Waals surface area contributed by atoms with Crippen LogP contribution in [-0.2, 0) is 19.0 Å². The fraction of sp³-hybridized carbons (Fsp3) is 0.615. The Labute approximate surface area is 102 Å². The van der Waals surface area contributed by atoms with Gasteiger partial charge in [-0.25, -0.2) is 4.79 Å². The molecule has 0 bridgehead atoms. The van der Waals surface area contributed by atoms with Gasteiger partial charge in [0.15, 0.2) is 0 Å². The van der Waals surface area contributed by atoms with Gasteiger partial charge in [-0.2, -0.15) is 0 Å². The molecule has 1 unspecified atom stereocenters. The first kappa shape index (κ1) is 13.8. The van der Waals surface area contributed by atoms with Crippen LogP contribution in [0.1, 0.15) is 34.6 Å². The standard InChI is InChI=1S/C13H20O4/c1-6-15-12(14)11-9(4)8(3)10(5)17-13(11)16-7-2/h13H,6-7H2,1-5H3. The molecular formula is C13H20O4. The van der Waals surface area contributed by atoms with Gasteiger partial charge in [0.25, 0.3) is 0 Å². The van der Waals surface area contributed by atoms with E-state index in [2.05, 4.69) is 0 Å². The van der Waals surface area contributed by atoms with Crippen LogP contribution < -0.4 is 0 Å². The van der Waals surface area contributed by atoms with Crippen LogP contribution in [0.4, 0.5) is 0 Å². The van der Waals surface area contributed by atoms with Crippen molar-refractivity contribution < 1.29 is 19.0 Å². The van der Waals surface area contributed by atoms with E-state index < -0.39 is 6.29 Å². The second-order valence-corrected chi connectivity index (χ2v) is 3.85. The summed E-state index contributed by atoms with van der Waals surface area (Å²) in [7, 11) is 0. The molecule has 1 aliphatic rings. The molecule has 0 aliphatic carbocycles. The second-order valence-electron chi connectivity index (χ2n) is 3.85. The van der Waals surface area contributed by atoms with Gasteiger partial charge in [-0.15, -0.1) is 0 Å². The second kappa shape index (κ2) is 5.87. The van der Waals surface area contributed by atoms with Crippen LogP contribution in [0.2, 0.25) is 0 Å². The number of hydrogen-bond acceptors (Lipinski definition) is 4. The van der Waals surface area contributed by atoms with E-state index in [-0.39, 0.29) is 5.97 Å². The quantitative estimate of drug-likeness (QED) is 0.708. The zero-order valence-corrected chi connectivity index (χ0v) is 11.1. The maximum atomic E-state index is 11.9. The van der Waals surface area contributed by atoms with Crippen LogP contribution in [-0.4, -0.2) is 25.5 Å². The van der Waals surface area contributed by atoms with Crippen LogP contribution in [0.25, 0.3) is 0 Å². The molecule has 0 aromatic heterocycles. The van der Waals surface area contributed by atoms with Gasteiger partial charge in [0.2, 0.25) is 6.29 Å². The first-order valence-electron chi connectivity index (χ1n) is 5.86. The number of rotatable bonds is 4. The fourth-order valence-electron chi connectivity index (χ4n) is 1.68. The Kier molecular flexibility index (Phi) is 4.75. The molecule has 1 atom stereocenters. The van der Waals surface area contributed by atoms with Crippen LogP contribution >= 0.6 is 0 Å². The number of esters is 1. The Bertz CT molecular complexity index is 366. The maximum absolute atomic E-state index is 11.9. The van der Waals surface area contributed by atoms with Gasteiger partial charge in [0, 0.05) is 6.61 Å². The summed E-state index contributed by atoms with van der Waals surface area (Å²) < 4.78 is 16.1. The van der Waals surface area contributed by atoms with E-state index in [9.17, 15) is 4.79 Å². The first-order valence-corrected chi connectivity index (χ1v) is 5.86. The molecule has 4 nitrogen and oxygen atoms in total. The van der Waals surface area contributed by atoms with Gasteiger partial charge in [-0.3, -0.25) is 0 Å². The van der Waals surface area contributed by atoms with Crippen molar-refractivity contribution >= 4 is 5.97 Å². The molecule has 0 N–H and O–H groups in total. The van der Waals surface area contributed by atoms with Gasteiger partial charge in [-0.1, -0.05) is 0 Å². The molecule has 0 saturated carbocycles. The summed E-state index contributed by atoms with van der Waals surface area (Å²) in [6.45, 7) is 10.1. The Morgan fingerprint density at radius 1 is 1.18 bits per heavy atom. The highest BCUT2D eigenvalue weighted by atomic mass is 16.7. The molecule has 1 heterocycles. The molecule has 1 aliphatic heterocycles. The Hall–Kier alpha value is -1.29. The van der Waals surface area contributed by atoms with Crippen molar-refractivity contribution in [1.29, 1.82) is 0 Å². The molecule has 0 radical (unpaired) electrons. The molecule has 0 fully saturated rings. The highest BCUT2D eigenvalue weighted by Gasteiger charge is 2.31. The minimum Gasteiger partial charge on any atom is -0.465 e. The van der Waals surface area contributed by atoms with E-state index in [1.165, 1.54) is 0 Å². The topological polar surface area (TPSA) is 44.8 Å². The molecule has 1 rings (SSSR count). The predicted molar refractivity (Wildman–Crippen MR) is 64.2 cm³/mol. The average molecular weight is 240 g/mol. The molecular weight excluding hydrogens is 220 g/mol. The number of carbonyl (C=O) groups is 1. The van der Waals surface area contributed by atoms with Gasteiger partial charge in [-0.05, 0) is 45.8 Å². The van der Waals surface area contributed by atoms with E-state index in [0.717, 1.165) is 16.9 Å². The summed E-state index contributed by atoms with van der Waals surface area (Å²) in [6, 6.07) is 0. The van der Waals surface area contributed by atoms with Crippen LogP contribution in [0.5, 0.6) is 0 Å². The SMILES string of the molecule is CCOC(=O)C1=C(C)C(C)=C(C)OC1OCC. The Morgan fingerprint density at radius 2 is 1.82 bits per heavy atom. The third kappa shape index (κ3) is 2.88. The average Bonchev–Trinajstić information content (AvgIpc) is 2.27. The predicted octanol–water partition coefficient (Wildman–Crippen LogP) is 2.55. The molecule has 0 aromatic carbocycles. The summed E-state index contributed by atoms with van der Waals surface area (Å²) in [6.07, 6.45) is -0.650. The molecule has 0 saturated heterocycles. The fourth-order valence-corrected chi connectivity index (χ4v) is 1.68. The van der Waals surface area contributed by atoms with Crippen molar-refractivity contribution in [2.45, 2.75) is 40.9 Å². The summed E-state index contributed by atoms with van der Waals surface area (Å²) >= 11 is 0. The zero-order chi connectivity index (χ0) is 13.0. The van der Waals surface area contributed by atoms with E-state index >= 15 is 0 Å².